The standard InChI is InChI=1S/C24H38N4O2/c1-23(2)13-20-14-24(3,16-23)17-28(20)22(30)18-7-9-19(10-8-18)25-21(29)15-27(6)12-11-26(4)5/h7-10,20H,11-17H2,1-6H3,(H,25,29). The van der Waals surface area contributed by atoms with E-state index < -0.39 is 0 Å². The molecule has 6 nitrogen and oxygen atoms in total. The van der Waals surface area contributed by atoms with Crippen LogP contribution in [0.5, 0.6) is 0 Å². The first kappa shape index (κ1) is 22.8. The minimum Gasteiger partial charge on any atom is -0.335 e. The topological polar surface area (TPSA) is 55.9 Å². The summed E-state index contributed by atoms with van der Waals surface area (Å²) in [6.45, 7) is 9.90. The van der Waals surface area contributed by atoms with Gasteiger partial charge in [0.05, 0.1) is 6.54 Å². The molecule has 3 rings (SSSR count). The van der Waals surface area contributed by atoms with Crippen LogP contribution in [0.4, 0.5) is 5.69 Å². The molecule has 0 radical (unpaired) electrons. The Morgan fingerprint density at radius 1 is 1.07 bits per heavy atom. The van der Waals surface area contributed by atoms with E-state index in [-0.39, 0.29) is 17.2 Å². The van der Waals surface area contributed by atoms with Gasteiger partial charge in [-0.15, -0.1) is 0 Å². The summed E-state index contributed by atoms with van der Waals surface area (Å²) in [6, 6.07) is 7.67. The highest BCUT2D eigenvalue weighted by molar-refractivity contribution is 5.96. The van der Waals surface area contributed by atoms with Crippen molar-refractivity contribution >= 4 is 17.5 Å². The number of amides is 2. The Morgan fingerprint density at radius 2 is 1.73 bits per heavy atom. The molecule has 2 atom stereocenters. The van der Waals surface area contributed by atoms with Gasteiger partial charge >= 0.3 is 0 Å². The summed E-state index contributed by atoms with van der Waals surface area (Å²) in [7, 11) is 5.99. The van der Waals surface area contributed by atoms with Gasteiger partial charge in [0.2, 0.25) is 5.91 Å². The molecule has 2 unspecified atom stereocenters. The van der Waals surface area contributed by atoms with E-state index in [0.29, 0.717) is 23.6 Å². The predicted octanol–water partition coefficient (Wildman–Crippen LogP) is 3.16. The Balaban J connectivity index is 1.57. The number of anilines is 1. The molecular weight excluding hydrogens is 376 g/mol. The lowest BCUT2D eigenvalue weighted by Gasteiger charge is -2.39. The average Bonchev–Trinajstić information content (AvgIpc) is 2.88. The van der Waals surface area contributed by atoms with Gasteiger partial charge in [0, 0.05) is 36.9 Å². The second kappa shape index (κ2) is 8.67. The molecule has 1 saturated carbocycles. The largest absolute Gasteiger partial charge is 0.335 e. The predicted molar refractivity (Wildman–Crippen MR) is 122 cm³/mol. The molecule has 2 bridgehead atoms. The van der Waals surface area contributed by atoms with Gasteiger partial charge in [0.25, 0.3) is 5.91 Å². The maximum absolute atomic E-state index is 13.2. The number of rotatable bonds is 7. The van der Waals surface area contributed by atoms with Crippen molar-refractivity contribution in [2.24, 2.45) is 10.8 Å². The summed E-state index contributed by atoms with van der Waals surface area (Å²) in [4.78, 5) is 31.6. The fourth-order valence-electron chi connectivity index (χ4n) is 5.45. The summed E-state index contributed by atoms with van der Waals surface area (Å²) >= 11 is 0. The van der Waals surface area contributed by atoms with Crippen molar-refractivity contribution < 1.29 is 9.59 Å². The number of benzene rings is 1. The second-order valence-electron chi connectivity index (χ2n) is 10.8. The Kier molecular flexibility index (Phi) is 6.58. The van der Waals surface area contributed by atoms with Crippen LogP contribution < -0.4 is 5.32 Å². The van der Waals surface area contributed by atoms with E-state index in [0.717, 1.165) is 38.2 Å². The number of hydrogen-bond donors (Lipinski definition) is 1. The van der Waals surface area contributed by atoms with Gasteiger partial charge in [-0.05, 0) is 75.5 Å². The minimum atomic E-state index is -0.0428. The number of carbonyl (C=O) groups is 2. The van der Waals surface area contributed by atoms with E-state index >= 15 is 0 Å². The van der Waals surface area contributed by atoms with Crippen molar-refractivity contribution in [1.82, 2.24) is 14.7 Å². The van der Waals surface area contributed by atoms with Gasteiger partial charge in [0.15, 0.2) is 0 Å². The van der Waals surface area contributed by atoms with Crippen LogP contribution in [0.15, 0.2) is 24.3 Å². The monoisotopic (exact) mass is 414 g/mol. The first-order valence-electron chi connectivity index (χ1n) is 11.0. The second-order valence-corrected chi connectivity index (χ2v) is 10.8. The summed E-state index contributed by atoms with van der Waals surface area (Å²) in [5, 5.41) is 2.93. The Bertz CT molecular complexity index is 774. The van der Waals surface area contributed by atoms with E-state index in [1.54, 1.807) is 0 Å². The maximum Gasteiger partial charge on any atom is 0.254 e. The number of carbonyl (C=O) groups excluding carboxylic acids is 2. The lowest BCUT2D eigenvalue weighted by molar-refractivity contribution is -0.117. The molecule has 1 aliphatic carbocycles. The molecule has 166 valence electrons. The van der Waals surface area contributed by atoms with Gasteiger partial charge in [-0.3, -0.25) is 14.5 Å². The van der Waals surface area contributed by atoms with E-state index in [1.165, 1.54) is 6.42 Å². The van der Waals surface area contributed by atoms with Crippen molar-refractivity contribution in [2.45, 2.75) is 46.1 Å². The third-order valence-corrected chi connectivity index (χ3v) is 6.43. The number of nitrogens with one attached hydrogen (secondary N) is 1. The molecule has 1 heterocycles. The number of nitrogens with zero attached hydrogens (tertiary/aromatic N) is 3. The van der Waals surface area contributed by atoms with Gasteiger partial charge in [0.1, 0.15) is 0 Å². The highest BCUT2D eigenvalue weighted by atomic mass is 16.2. The fourth-order valence-corrected chi connectivity index (χ4v) is 5.45. The molecule has 6 heteroatoms. The van der Waals surface area contributed by atoms with E-state index in [4.69, 9.17) is 0 Å². The van der Waals surface area contributed by atoms with Gasteiger partial charge in [-0.2, -0.15) is 0 Å². The normalized spacial score (nSPS) is 25.1. The fraction of sp³-hybridized carbons (Fsp3) is 0.667. The van der Waals surface area contributed by atoms with Crippen molar-refractivity contribution in [3.05, 3.63) is 29.8 Å². The molecule has 2 aliphatic rings. The molecular formula is C24H38N4O2. The smallest absolute Gasteiger partial charge is 0.254 e. The molecule has 0 spiro atoms. The molecule has 1 saturated heterocycles. The molecule has 30 heavy (non-hydrogen) atoms. The van der Waals surface area contributed by atoms with Crippen LogP contribution in [0.3, 0.4) is 0 Å². The molecule has 1 aliphatic heterocycles. The van der Waals surface area contributed by atoms with Crippen molar-refractivity contribution in [2.75, 3.05) is 52.6 Å². The van der Waals surface area contributed by atoms with Crippen LogP contribution in [-0.4, -0.2) is 79.9 Å². The number of hydrogen-bond acceptors (Lipinski definition) is 4. The zero-order chi connectivity index (χ0) is 22.1. The van der Waals surface area contributed by atoms with Crippen molar-refractivity contribution in [3.63, 3.8) is 0 Å². The quantitative estimate of drug-likeness (QED) is 0.745. The highest BCUT2D eigenvalue weighted by Crippen LogP contribution is 2.52. The zero-order valence-corrected chi connectivity index (χ0v) is 19.5. The molecule has 2 fully saturated rings. The van der Waals surface area contributed by atoms with Crippen LogP contribution in [0.1, 0.15) is 50.4 Å². The van der Waals surface area contributed by atoms with Crippen LogP contribution in [0, 0.1) is 10.8 Å². The van der Waals surface area contributed by atoms with Gasteiger partial charge in [-0.1, -0.05) is 20.8 Å². The molecule has 1 aromatic carbocycles. The summed E-state index contributed by atoms with van der Waals surface area (Å²) in [5.74, 6) is 0.0709. The molecule has 2 amide bonds. The van der Waals surface area contributed by atoms with E-state index in [1.807, 2.05) is 50.3 Å². The molecule has 0 aromatic heterocycles. The van der Waals surface area contributed by atoms with Gasteiger partial charge < -0.3 is 15.1 Å². The highest BCUT2D eigenvalue weighted by Gasteiger charge is 2.50. The summed E-state index contributed by atoms with van der Waals surface area (Å²) < 4.78 is 0. The van der Waals surface area contributed by atoms with Crippen LogP contribution in [0.25, 0.3) is 0 Å². The Hall–Kier alpha value is -1.92. The van der Waals surface area contributed by atoms with Crippen LogP contribution in [-0.2, 0) is 4.79 Å². The Labute approximate surface area is 181 Å². The van der Waals surface area contributed by atoms with Gasteiger partial charge in [-0.25, -0.2) is 0 Å². The lowest BCUT2D eigenvalue weighted by atomic mass is 9.65. The number of fused-ring (bicyclic) bond motifs is 2. The van der Waals surface area contributed by atoms with E-state index in [2.05, 4.69) is 35.9 Å². The number of likely N-dealkylation sites (tertiary alicyclic amines) is 1. The molecule has 1 N–H and O–H groups in total. The lowest BCUT2D eigenvalue weighted by Crippen LogP contribution is -2.37. The zero-order valence-electron chi connectivity index (χ0n) is 19.5. The van der Waals surface area contributed by atoms with Crippen molar-refractivity contribution in [1.29, 1.82) is 0 Å². The SMILES string of the molecule is CN(C)CCN(C)CC(=O)Nc1ccc(C(=O)N2CC3(C)CC2CC(C)(C)C3)cc1. The van der Waals surface area contributed by atoms with Crippen LogP contribution in [0.2, 0.25) is 0 Å². The Morgan fingerprint density at radius 3 is 2.37 bits per heavy atom. The first-order valence-corrected chi connectivity index (χ1v) is 11.0. The third kappa shape index (κ3) is 5.61. The summed E-state index contributed by atoms with van der Waals surface area (Å²) in [5.41, 5.74) is 1.95. The minimum absolute atomic E-state index is 0.0428. The average molecular weight is 415 g/mol. The third-order valence-electron chi connectivity index (χ3n) is 6.43. The van der Waals surface area contributed by atoms with Crippen molar-refractivity contribution in [3.8, 4) is 0 Å². The maximum atomic E-state index is 13.2. The first-order chi connectivity index (χ1) is 14.0. The van der Waals surface area contributed by atoms with E-state index in [9.17, 15) is 9.59 Å². The summed E-state index contributed by atoms with van der Waals surface area (Å²) in [6.07, 6.45) is 3.36. The molecule has 1 aromatic rings. The van der Waals surface area contributed by atoms with Crippen LogP contribution >= 0.6 is 0 Å². The number of likely N-dealkylation sites (N-methyl/N-ethyl adjacent to an activating group) is 2.